The van der Waals surface area contributed by atoms with Crippen LogP contribution in [0.5, 0.6) is 0 Å². The third kappa shape index (κ3) is 45.2. The zero-order valence-corrected chi connectivity index (χ0v) is 17.0. The highest BCUT2D eigenvalue weighted by molar-refractivity contribution is 7.82. The van der Waals surface area contributed by atoms with Gasteiger partial charge < -0.3 is 30.3 Å². The van der Waals surface area contributed by atoms with E-state index in [2.05, 4.69) is 42.6 Å². The number of carboxylic acid groups (broad SMARTS) is 3. The van der Waals surface area contributed by atoms with Gasteiger partial charge in [0.15, 0.2) is 0 Å². The van der Waals surface area contributed by atoms with Crippen LogP contribution < -0.4 is 0 Å². The Labute approximate surface area is 163 Å². The van der Waals surface area contributed by atoms with Crippen LogP contribution in [0.3, 0.4) is 0 Å². The third-order valence-corrected chi connectivity index (χ3v) is 2.21. The van der Waals surface area contributed by atoms with Crippen molar-refractivity contribution in [1.82, 2.24) is 0 Å². The first kappa shape index (κ1) is 32.0. The van der Waals surface area contributed by atoms with E-state index in [9.17, 15) is 14.4 Å². The highest BCUT2D eigenvalue weighted by Gasteiger charge is 2.01. The molecule has 0 aromatic heterocycles. The van der Waals surface area contributed by atoms with Crippen molar-refractivity contribution in [1.29, 1.82) is 0 Å². The molecule has 0 amide bonds. The quantitative estimate of drug-likeness (QED) is 0.210. The van der Waals surface area contributed by atoms with Gasteiger partial charge in [-0.3, -0.25) is 14.4 Å². The lowest BCUT2D eigenvalue weighted by Gasteiger charge is -1.94. The van der Waals surface area contributed by atoms with Crippen LogP contribution in [-0.4, -0.2) is 85.6 Å². The summed E-state index contributed by atoms with van der Waals surface area (Å²) in [4.78, 5) is 28.9. The Hall–Kier alpha value is -0.660. The first-order chi connectivity index (χ1) is 11.3. The fraction of sp³-hybridized carbons (Fsp3) is 0.769. The molecular weight excluding hydrogens is 396 g/mol. The van der Waals surface area contributed by atoms with Crippen molar-refractivity contribution < 1.29 is 44.7 Å². The molecular formula is C13H28O9S3. The first-order valence-corrected chi connectivity index (χ1v) is 8.41. The zero-order chi connectivity index (χ0) is 21.0. The summed E-state index contributed by atoms with van der Waals surface area (Å²) in [5.74, 6) is -2.63. The van der Waals surface area contributed by atoms with Crippen molar-refractivity contribution in [2.24, 2.45) is 0 Å². The standard InChI is InChI=1S/C4H10O3.3C3H6O2S/c5-1-3-7-4-2-6;3*1-2(6)3(4)5/h5-6H,1-4H2;3*2,6H,1H3,(H,4,5). The van der Waals surface area contributed by atoms with Crippen LogP contribution in [0.1, 0.15) is 20.8 Å². The molecule has 0 aliphatic carbocycles. The van der Waals surface area contributed by atoms with Crippen LogP contribution in [0.25, 0.3) is 0 Å². The second kappa shape index (κ2) is 23.3. The predicted molar refractivity (Wildman–Crippen MR) is 103 cm³/mol. The van der Waals surface area contributed by atoms with Gasteiger partial charge in [0.2, 0.25) is 0 Å². The molecule has 0 spiro atoms. The van der Waals surface area contributed by atoms with Crippen molar-refractivity contribution >= 4 is 55.8 Å². The highest BCUT2D eigenvalue weighted by Crippen LogP contribution is 1.89. The maximum absolute atomic E-state index is 9.62. The van der Waals surface area contributed by atoms with Crippen molar-refractivity contribution in [3.8, 4) is 0 Å². The topological polar surface area (TPSA) is 162 Å². The van der Waals surface area contributed by atoms with Crippen LogP contribution in [0.2, 0.25) is 0 Å². The van der Waals surface area contributed by atoms with E-state index in [-0.39, 0.29) is 13.2 Å². The van der Waals surface area contributed by atoms with Gasteiger partial charge in [-0.1, -0.05) is 0 Å². The van der Waals surface area contributed by atoms with Crippen molar-refractivity contribution in [2.45, 2.75) is 36.5 Å². The molecule has 9 nitrogen and oxygen atoms in total. The van der Waals surface area contributed by atoms with E-state index in [0.717, 1.165) is 0 Å². The van der Waals surface area contributed by atoms with Gasteiger partial charge in [-0.2, -0.15) is 37.9 Å². The van der Waals surface area contributed by atoms with Gasteiger partial charge in [0.1, 0.15) is 0 Å². The molecule has 3 unspecified atom stereocenters. The molecule has 0 rings (SSSR count). The minimum Gasteiger partial charge on any atom is -0.480 e. The van der Waals surface area contributed by atoms with Crippen LogP contribution in [0, 0.1) is 0 Å². The van der Waals surface area contributed by atoms with E-state index in [4.69, 9.17) is 25.5 Å². The number of aliphatic carboxylic acids is 3. The van der Waals surface area contributed by atoms with Gasteiger partial charge in [0.25, 0.3) is 0 Å². The fourth-order valence-electron chi connectivity index (χ4n) is 0.231. The van der Waals surface area contributed by atoms with Crippen LogP contribution >= 0.6 is 37.9 Å². The molecule has 25 heavy (non-hydrogen) atoms. The predicted octanol–water partition coefficient (Wildman–Crippen LogP) is 0.155. The number of aliphatic hydroxyl groups is 2. The van der Waals surface area contributed by atoms with E-state index in [0.29, 0.717) is 13.2 Å². The number of ether oxygens (including phenoxy) is 1. The normalized spacial score (nSPS) is 12.5. The van der Waals surface area contributed by atoms with Crippen molar-refractivity contribution in [3.63, 3.8) is 0 Å². The fourth-order valence-corrected chi connectivity index (χ4v) is 0.231. The summed E-state index contributed by atoms with van der Waals surface area (Å²) >= 11 is 10.8. The molecule has 5 N–H and O–H groups in total. The van der Waals surface area contributed by atoms with Crippen LogP contribution in [0.15, 0.2) is 0 Å². The maximum atomic E-state index is 9.62. The Morgan fingerprint density at radius 3 is 0.960 bits per heavy atom. The van der Waals surface area contributed by atoms with Crippen LogP contribution in [0.4, 0.5) is 0 Å². The van der Waals surface area contributed by atoms with E-state index in [1.807, 2.05) is 0 Å². The Kier molecular flexibility index (Phi) is 29.9. The molecule has 0 radical (unpaired) electrons. The Morgan fingerprint density at radius 2 is 0.880 bits per heavy atom. The lowest BCUT2D eigenvalue weighted by molar-refractivity contribution is -0.137. The molecule has 0 fully saturated rings. The minimum atomic E-state index is -0.877. The van der Waals surface area contributed by atoms with Gasteiger partial charge in [0.05, 0.1) is 42.2 Å². The van der Waals surface area contributed by atoms with E-state index >= 15 is 0 Å². The number of hydrogen-bond donors (Lipinski definition) is 8. The van der Waals surface area contributed by atoms with E-state index in [1.54, 1.807) is 0 Å². The van der Waals surface area contributed by atoms with Gasteiger partial charge in [-0.25, -0.2) is 0 Å². The number of rotatable bonds is 7. The molecule has 152 valence electrons. The molecule has 0 saturated heterocycles. The summed E-state index contributed by atoms with van der Waals surface area (Å²) in [7, 11) is 0. The van der Waals surface area contributed by atoms with E-state index in [1.165, 1.54) is 20.8 Å². The molecule has 0 aromatic carbocycles. The average molecular weight is 425 g/mol. The monoisotopic (exact) mass is 424 g/mol. The zero-order valence-electron chi connectivity index (χ0n) is 14.3. The lowest BCUT2D eigenvalue weighted by atomic mass is 10.5. The molecule has 0 saturated carbocycles. The smallest absolute Gasteiger partial charge is 0.316 e. The van der Waals surface area contributed by atoms with Gasteiger partial charge in [-0.05, 0) is 20.8 Å². The van der Waals surface area contributed by atoms with Crippen molar-refractivity contribution in [2.75, 3.05) is 26.4 Å². The maximum Gasteiger partial charge on any atom is 0.316 e. The first-order valence-electron chi connectivity index (χ1n) is 6.87. The average Bonchev–Trinajstić information content (AvgIpc) is 2.49. The number of carboxylic acids is 3. The number of thiol groups is 3. The molecule has 0 aliphatic rings. The minimum absolute atomic E-state index is 0.0278. The molecule has 0 aromatic rings. The van der Waals surface area contributed by atoms with Gasteiger partial charge in [0, 0.05) is 0 Å². The number of hydrogen-bond acceptors (Lipinski definition) is 9. The SMILES string of the molecule is CC(S)C(=O)O.CC(S)C(=O)O.CC(S)C(=O)O.OCCOCCO. The molecule has 3 atom stereocenters. The Balaban J connectivity index is -0.000000118. The Morgan fingerprint density at radius 1 is 0.720 bits per heavy atom. The third-order valence-electron chi connectivity index (χ3n) is 1.54. The number of carbonyl (C=O) groups is 3. The summed E-state index contributed by atoms with van der Waals surface area (Å²) in [6.45, 7) is 5.21. The second-order valence-electron chi connectivity index (χ2n) is 4.10. The summed E-state index contributed by atoms with van der Waals surface area (Å²) in [5, 5.41) is 38.3. The van der Waals surface area contributed by atoms with Crippen LogP contribution in [-0.2, 0) is 19.1 Å². The lowest BCUT2D eigenvalue weighted by Crippen LogP contribution is -2.06. The molecule has 0 bridgehead atoms. The summed E-state index contributed by atoms with van der Waals surface area (Å²) < 4.78 is 4.63. The van der Waals surface area contributed by atoms with Crippen molar-refractivity contribution in [3.05, 3.63) is 0 Å². The highest BCUT2D eigenvalue weighted by atomic mass is 32.1. The van der Waals surface area contributed by atoms with Gasteiger partial charge in [-0.15, -0.1) is 0 Å². The molecule has 0 aliphatic heterocycles. The van der Waals surface area contributed by atoms with E-state index < -0.39 is 33.7 Å². The summed E-state index contributed by atoms with van der Waals surface area (Å²) in [6, 6.07) is 0. The molecule has 12 heteroatoms. The number of aliphatic hydroxyl groups excluding tert-OH is 2. The molecule has 0 heterocycles. The summed E-state index contributed by atoms with van der Waals surface area (Å²) in [6.07, 6.45) is 0. The largest absolute Gasteiger partial charge is 0.480 e. The summed E-state index contributed by atoms with van der Waals surface area (Å²) in [5.41, 5.74) is 0. The van der Waals surface area contributed by atoms with Gasteiger partial charge >= 0.3 is 17.9 Å². The Bertz CT molecular complexity index is 290. The second-order valence-corrected chi connectivity index (χ2v) is 6.43.